The van der Waals surface area contributed by atoms with Crippen LogP contribution < -0.4 is 14.9 Å². The molecular weight excluding hydrogens is 451 g/mol. The van der Waals surface area contributed by atoms with E-state index in [0.717, 1.165) is 5.56 Å². The lowest BCUT2D eigenvalue weighted by molar-refractivity contribution is -0.121. The van der Waals surface area contributed by atoms with Gasteiger partial charge in [-0.25, -0.2) is 10.2 Å². The molecule has 0 radical (unpaired) electrons. The molecule has 0 heterocycles. The zero-order valence-electron chi connectivity index (χ0n) is 17.0. The van der Waals surface area contributed by atoms with Gasteiger partial charge in [0.05, 0.1) is 23.4 Å². The second kappa shape index (κ2) is 11.9. The van der Waals surface area contributed by atoms with E-state index in [2.05, 4.69) is 10.5 Å². The first-order chi connectivity index (χ1) is 15.5. The largest absolute Gasteiger partial charge is 0.492 e. The normalized spacial score (nSPS) is 10.7. The Labute approximate surface area is 195 Å². The van der Waals surface area contributed by atoms with Crippen molar-refractivity contribution in [3.05, 3.63) is 94.0 Å². The highest BCUT2D eigenvalue weighted by Crippen LogP contribution is 2.27. The molecule has 164 valence electrons. The molecule has 0 saturated carbocycles. The number of ether oxygens (including phenoxy) is 2. The molecule has 0 spiro atoms. The molecule has 6 nitrogen and oxygen atoms in total. The molecule has 32 heavy (non-hydrogen) atoms. The van der Waals surface area contributed by atoms with Gasteiger partial charge in [0.2, 0.25) is 5.91 Å². The van der Waals surface area contributed by atoms with Gasteiger partial charge in [-0.3, -0.25) is 4.79 Å². The summed E-state index contributed by atoms with van der Waals surface area (Å²) in [6.45, 7) is 0.335. The van der Waals surface area contributed by atoms with Crippen molar-refractivity contribution in [2.75, 3.05) is 6.61 Å². The standard InChI is InChI=1S/C24H20Cl2N2O4/c25-19-10-13-22(21(26)15-19)31-14-4-7-23(29)28-27-16-17-8-11-20(12-9-17)32-24(30)18-5-2-1-3-6-18/h1-3,5-6,8-13,15-16H,4,7,14H2,(H,28,29)/b27-16-. The number of nitrogens with zero attached hydrogens (tertiary/aromatic N) is 1. The summed E-state index contributed by atoms with van der Waals surface area (Å²) in [6, 6.07) is 20.5. The van der Waals surface area contributed by atoms with Crippen molar-refractivity contribution >= 4 is 41.3 Å². The Bertz CT molecular complexity index is 1090. The molecule has 3 aromatic rings. The topological polar surface area (TPSA) is 77.0 Å². The first-order valence-corrected chi connectivity index (χ1v) is 10.5. The monoisotopic (exact) mass is 470 g/mol. The highest BCUT2D eigenvalue weighted by Gasteiger charge is 2.07. The molecule has 0 unspecified atom stereocenters. The maximum atomic E-state index is 12.0. The first kappa shape index (κ1) is 23.3. The van der Waals surface area contributed by atoms with Crippen LogP contribution in [0.25, 0.3) is 0 Å². The zero-order valence-corrected chi connectivity index (χ0v) is 18.5. The maximum absolute atomic E-state index is 12.0. The van der Waals surface area contributed by atoms with Crippen LogP contribution in [0, 0.1) is 0 Å². The van der Waals surface area contributed by atoms with E-state index < -0.39 is 5.97 Å². The number of nitrogens with one attached hydrogen (secondary N) is 1. The van der Waals surface area contributed by atoms with Crippen LogP contribution in [0.3, 0.4) is 0 Å². The molecule has 1 amide bonds. The number of hydrazone groups is 1. The molecule has 0 bridgehead atoms. The van der Waals surface area contributed by atoms with Gasteiger partial charge in [-0.1, -0.05) is 41.4 Å². The predicted octanol–water partition coefficient (Wildman–Crippen LogP) is 5.52. The highest BCUT2D eigenvalue weighted by molar-refractivity contribution is 6.35. The van der Waals surface area contributed by atoms with Gasteiger partial charge in [0.1, 0.15) is 11.5 Å². The van der Waals surface area contributed by atoms with Crippen LogP contribution in [0.4, 0.5) is 0 Å². The number of carbonyl (C=O) groups excluding carboxylic acids is 2. The zero-order chi connectivity index (χ0) is 22.8. The van der Waals surface area contributed by atoms with E-state index in [9.17, 15) is 9.59 Å². The van der Waals surface area contributed by atoms with Gasteiger partial charge in [-0.2, -0.15) is 5.10 Å². The second-order valence-electron chi connectivity index (χ2n) is 6.64. The fourth-order valence-electron chi connectivity index (χ4n) is 2.60. The van der Waals surface area contributed by atoms with Crippen molar-refractivity contribution in [3.8, 4) is 11.5 Å². The minimum atomic E-state index is -0.429. The number of hydrogen-bond acceptors (Lipinski definition) is 5. The number of carbonyl (C=O) groups is 2. The Balaban J connectivity index is 1.37. The van der Waals surface area contributed by atoms with Crippen LogP contribution in [0.2, 0.25) is 10.0 Å². The lowest BCUT2D eigenvalue weighted by Crippen LogP contribution is -2.18. The number of rotatable bonds is 9. The molecule has 0 atom stereocenters. The Morgan fingerprint density at radius 3 is 2.44 bits per heavy atom. The van der Waals surface area contributed by atoms with E-state index in [1.54, 1.807) is 66.7 Å². The fourth-order valence-corrected chi connectivity index (χ4v) is 3.07. The van der Waals surface area contributed by atoms with E-state index in [0.29, 0.717) is 40.1 Å². The molecule has 0 aliphatic carbocycles. The lowest BCUT2D eigenvalue weighted by Gasteiger charge is -2.07. The molecule has 3 rings (SSSR count). The van der Waals surface area contributed by atoms with Crippen LogP contribution >= 0.6 is 23.2 Å². The third-order valence-electron chi connectivity index (χ3n) is 4.20. The molecule has 1 N–H and O–H groups in total. The number of halogens is 2. The molecule has 0 fully saturated rings. The minimum absolute atomic E-state index is 0.236. The van der Waals surface area contributed by atoms with E-state index in [1.807, 2.05) is 6.07 Å². The Kier molecular flexibility index (Phi) is 8.66. The van der Waals surface area contributed by atoms with Crippen molar-refractivity contribution < 1.29 is 19.1 Å². The molecule has 0 aromatic heterocycles. The average molecular weight is 471 g/mol. The van der Waals surface area contributed by atoms with Crippen LogP contribution in [0.15, 0.2) is 77.9 Å². The summed E-state index contributed by atoms with van der Waals surface area (Å²) >= 11 is 11.9. The highest BCUT2D eigenvalue weighted by atomic mass is 35.5. The Hall–Kier alpha value is -3.35. The smallest absolute Gasteiger partial charge is 0.343 e. The summed E-state index contributed by atoms with van der Waals surface area (Å²) in [5.41, 5.74) is 3.68. The molecule has 0 aliphatic heterocycles. The third-order valence-corrected chi connectivity index (χ3v) is 4.73. The number of amides is 1. The Morgan fingerprint density at radius 2 is 1.72 bits per heavy atom. The van der Waals surface area contributed by atoms with Gasteiger partial charge in [-0.15, -0.1) is 0 Å². The number of hydrogen-bond donors (Lipinski definition) is 1. The van der Waals surface area contributed by atoms with Crippen molar-refractivity contribution in [2.45, 2.75) is 12.8 Å². The second-order valence-corrected chi connectivity index (χ2v) is 7.49. The molecule has 0 saturated heterocycles. The summed E-state index contributed by atoms with van der Waals surface area (Å²) in [6.07, 6.45) is 2.25. The summed E-state index contributed by atoms with van der Waals surface area (Å²) < 4.78 is 10.9. The van der Waals surface area contributed by atoms with Crippen LogP contribution in [-0.2, 0) is 4.79 Å². The SMILES string of the molecule is O=C(CCCOc1ccc(Cl)cc1Cl)N/N=C\c1ccc(OC(=O)c2ccccc2)cc1. The van der Waals surface area contributed by atoms with Crippen LogP contribution in [0.1, 0.15) is 28.8 Å². The minimum Gasteiger partial charge on any atom is -0.492 e. The number of benzene rings is 3. The summed E-state index contributed by atoms with van der Waals surface area (Å²) in [5, 5.41) is 4.89. The van der Waals surface area contributed by atoms with Gasteiger partial charge in [0, 0.05) is 11.4 Å². The summed E-state index contributed by atoms with van der Waals surface area (Å²) in [7, 11) is 0. The maximum Gasteiger partial charge on any atom is 0.343 e. The summed E-state index contributed by atoms with van der Waals surface area (Å²) in [4.78, 5) is 23.9. The van der Waals surface area contributed by atoms with Crippen molar-refractivity contribution in [1.82, 2.24) is 5.43 Å². The van der Waals surface area contributed by atoms with E-state index in [1.165, 1.54) is 6.21 Å². The van der Waals surface area contributed by atoms with Crippen LogP contribution in [-0.4, -0.2) is 24.7 Å². The van der Waals surface area contributed by atoms with Gasteiger partial charge < -0.3 is 9.47 Å². The van der Waals surface area contributed by atoms with Gasteiger partial charge >= 0.3 is 5.97 Å². The first-order valence-electron chi connectivity index (χ1n) is 9.78. The van der Waals surface area contributed by atoms with Crippen molar-refractivity contribution in [1.29, 1.82) is 0 Å². The van der Waals surface area contributed by atoms with Crippen LogP contribution in [0.5, 0.6) is 11.5 Å². The van der Waals surface area contributed by atoms with Gasteiger partial charge in [-0.05, 0) is 66.6 Å². The van der Waals surface area contributed by atoms with Crippen molar-refractivity contribution in [2.24, 2.45) is 5.10 Å². The summed E-state index contributed by atoms with van der Waals surface area (Å²) in [5.74, 6) is 0.273. The van der Waals surface area contributed by atoms with Gasteiger partial charge in [0.25, 0.3) is 0 Å². The predicted molar refractivity (Wildman–Crippen MR) is 125 cm³/mol. The average Bonchev–Trinajstić information content (AvgIpc) is 2.79. The van der Waals surface area contributed by atoms with E-state index in [-0.39, 0.29) is 12.3 Å². The molecule has 8 heteroatoms. The van der Waals surface area contributed by atoms with E-state index >= 15 is 0 Å². The van der Waals surface area contributed by atoms with Gasteiger partial charge in [0.15, 0.2) is 0 Å². The van der Waals surface area contributed by atoms with E-state index in [4.69, 9.17) is 32.7 Å². The molecule has 3 aromatic carbocycles. The van der Waals surface area contributed by atoms with Crippen molar-refractivity contribution in [3.63, 3.8) is 0 Å². The fraction of sp³-hybridized carbons (Fsp3) is 0.125. The Morgan fingerprint density at radius 1 is 0.969 bits per heavy atom. The number of esters is 1. The molecular formula is C24H20Cl2N2O4. The quantitative estimate of drug-likeness (QED) is 0.147. The lowest BCUT2D eigenvalue weighted by atomic mass is 10.2. The third kappa shape index (κ3) is 7.41. The molecule has 0 aliphatic rings.